The minimum absolute atomic E-state index is 0.508. The molecule has 0 atom stereocenters. The molecule has 8 nitrogen and oxygen atoms in total. The zero-order valence-corrected chi connectivity index (χ0v) is 14.9. The van der Waals surface area contributed by atoms with Gasteiger partial charge in [-0.1, -0.05) is 0 Å². The summed E-state index contributed by atoms with van der Waals surface area (Å²) >= 11 is 0. The van der Waals surface area contributed by atoms with E-state index in [0.29, 0.717) is 5.92 Å². The number of hydrogen-bond donors (Lipinski definition) is 1. The molecule has 2 aliphatic heterocycles. The molecular formula is C17H27N7O. The van der Waals surface area contributed by atoms with Gasteiger partial charge >= 0.3 is 0 Å². The first-order valence-corrected chi connectivity index (χ1v) is 9.17. The standard InChI is InChI=1S/C17H27N7O/c1-22-16(12-24-6-8-25-9-7-24)20-21-17(22)14-2-4-23(5-3-14)11-15-10-18-13-19-15/h10,13-14H,2-9,11-12H2,1H3,(H,18,19). The fourth-order valence-corrected chi connectivity index (χ4v) is 3.79. The first-order chi connectivity index (χ1) is 12.3. The van der Waals surface area contributed by atoms with Gasteiger partial charge in [0, 0.05) is 44.5 Å². The molecule has 0 bridgehead atoms. The van der Waals surface area contributed by atoms with Crippen LogP contribution in [0, 0.1) is 0 Å². The second-order valence-corrected chi connectivity index (χ2v) is 7.05. The van der Waals surface area contributed by atoms with Crippen molar-refractivity contribution >= 4 is 0 Å². The first kappa shape index (κ1) is 16.7. The number of nitrogens with one attached hydrogen (secondary N) is 1. The molecule has 0 aromatic carbocycles. The smallest absolute Gasteiger partial charge is 0.146 e. The molecule has 0 amide bonds. The van der Waals surface area contributed by atoms with Crippen molar-refractivity contribution in [1.82, 2.24) is 34.5 Å². The van der Waals surface area contributed by atoms with Crippen LogP contribution in [0.2, 0.25) is 0 Å². The number of morpholine rings is 1. The number of rotatable bonds is 5. The fourth-order valence-electron chi connectivity index (χ4n) is 3.79. The lowest BCUT2D eigenvalue weighted by atomic mass is 9.96. The van der Waals surface area contributed by atoms with Gasteiger partial charge in [0.25, 0.3) is 0 Å². The van der Waals surface area contributed by atoms with Gasteiger partial charge in [0.1, 0.15) is 11.6 Å². The summed E-state index contributed by atoms with van der Waals surface area (Å²) in [6.07, 6.45) is 5.93. The van der Waals surface area contributed by atoms with Crippen LogP contribution >= 0.6 is 0 Å². The maximum absolute atomic E-state index is 5.42. The SMILES string of the molecule is Cn1c(CN2CCOCC2)nnc1C1CCN(Cc2cnc[nH]2)CC1. The number of H-pyrrole nitrogens is 1. The van der Waals surface area contributed by atoms with Gasteiger partial charge in [0.2, 0.25) is 0 Å². The van der Waals surface area contributed by atoms with Crippen molar-refractivity contribution in [2.75, 3.05) is 39.4 Å². The molecule has 25 heavy (non-hydrogen) atoms. The summed E-state index contributed by atoms with van der Waals surface area (Å²) in [5.74, 6) is 2.72. The van der Waals surface area contributed by atoms with Crippen LogP contribution in [0.25, 0.3) is 0 Å². The highest BCUT2D eigenvalue weighted by Gasteiger charge is 2.26. The molecule has 0 spiro atoms. The van der Waals surface area contributed by atoms with E-state index in [-0.39, 0.29) is 0 Å². The molecule has 136 valence electrons. The van der Waals surface area contributed by atoms with Crippen molar-refractivity contribution < 1.29 is 4.74 Å². The van der Waals surface area contributed by atoms with Gasteiger partial charge in [0.15, 0.2) is 0 Å². The average molecular weight is 345 g/mol. The van der Waals surface area contributed by atoms with Crippen molar-refractivity contribution in [2.24, 2.45) is 7.05 Å². The van der Waals surface area contributed by atoms with Crippen LogP contribution in [-0.2, 0) is 24.9 Å². The summed E-state index contributed by atoms with van der Waals surface area (Å²) in [5.41, 5.74) is 1.19. The van der Waals surface area contributed by atoms with Crippen LogP contribution in [-0.4, -0.2) is 73.9 Å². The van der Waals surface area contributed by atoms with E-state index >= 15 is 0 Å². The monoisotopic (exact) mass is 345 g/mol. The van der Waals surface area contributed by atoms with Crippen LogP contribution in [0.3, 0.4) is 0 Å². The molecule has 2 saturated heterocycles. The molecular weight excluding hydrogens is 318 g/mol. The van der Waals surface area contributed by atoms with Gasteiger partial charge in [-0.3, -0.25) is 9.80 Å². The zero-order chi connectivity index (χ0) is 17.1. The molecule has 1 N–H and O–H groups in total. The number of ether oxygens (including phenoxy) is 1. The van der Waals surface area contributed by atoms with Crippen LogP contribution < -0.4 is 0 Å². The van der Waals surface area contributed by atoms with Crippen molar-refractivity contribution in [3.63, 3.8) is 0 Å². The maximum atomic E-state index is 5.42. The molecule has 4 rings (SSSR count). The van der Waals surface area contributed by atoms with E-state index in [2.05, 4.69) is 41.6 Å². The van der Waals surface area contributed by atoms with Crippen LogP contribution in [0.5, 0.6) is 0 Å². The quantitative estimate of drug-likeness (QED) is 0.862. The van der Waals surface area contributed by atoms with Crippen molar-refractivity contribution in [3.8, 4) is 0 Å². The minimum atomic E-state index is 0.508. The van der Waals surface area contributed by atoms with Gasteiger partial charge in [0.05, 0.1) is 26.1 Å². The number of hydrogen-bond acceptors (Lipinski definition) is 6. The van der Waals surface area contributed by atoms with Crippen molar-refractivity contribution in [1.29, 1.82) is 0 Å². The van der Waals surface area contributed by atoms with E-state index in [4.69, 9.17) is 4.74 Å². The number of nitrogens with zero attached hydrogens (tertiary/aromatic N) is 6. The molecule has 2 aromatic rings. The summed E-state index contributed by atoms with van der Waals surface area (Å²) in [5, 5.41) is 8.99. The number of piperidine rings is 1. The van der Waals surface area contributed by atoms with Crippen LogP contribution in [0.15, 0.2) is 12.5 Å². The van der Waals surface area contributed by atoms with Gasteiger partial charge in [-0.15, -0.1) is 10.2 Å². The minimum Gasteiger partial charge on any atom is -0.379 e. The molecule has 0 unspecified atom stereocenters. The number of imidazole rings is 1. The molecule has 4 heterocycles. The Bertz CT molecular complexity index is 655. The summed E-state index contributed by atoms with van der Waals surface area (Å²) in [4.78, 5) is 12.2. The van der Waals surface area contributed by atoms with Crippen molar-refractivity contribution in [2.45, 2.75) is 31.8 Å². The maximum Gasteiger partial charge on any atom is 0.146 e. The normalized spacial score (nSPS) is 21.0. The average Bonchev–Trinajstić information content (AvgIpc) is 3.28. The number of aromatic amines is 1. The molecule has 0 radical (unpaired) electrons. The third-order valence-corrected chi connectivity index (χ3v) is 5.37. The fraction of sp³-hybridized carbons (Fsp3) is 0.706. The third-order valence-electron chi connectivity index (χ3n) is 5.37. The Labute approximate surface area is 148 Å². The van der Waals surface area contributed by atoms with E-state index < -0.39 is 0 Å². The van der Waals surface area contributed by atoms with E-state index in [1.54, 1.807) is 6.33 Å². The highest BCUT2D eigenvalue weighted by molar-refractivity contribution is 5.04. The Morgan fingerprint density at radius 1 is 1.08 bits per heavy atom. The predicted octanol–water partition coefficient (Wildman–Crippen LogP) is 0.750. The highest BCUT2D eigenvalue weighted by Crippen LogP contribution is 2.27. The second kappa shape index (κ2) is 7.63. The Morgan fingerprint density at radius 3 is 2.56 bits per heavy atom. The second-order valence-electron chi connectivity index (χ2n) is 7.05. The Morgan fingerprint density at radius 2 is 1.84 bits per heavy atom. The Balaban J connectivity index is 1.33. The number of likely N-dealkylation sites (tertiary alicyclic amines) is 1. The van der Waals surface area contributed by atoms with Gasteiger partial charge in [-0.25, -0.2) is 4.98 Å². The third kappa shape index (κ3) is 3.91. The van der Waals surface area contributed by atoms with Crippen LogP contribution in [0.1, 0.15) is 36.1 Å². The largest absolute Gasteiger partial charge is 0.379 e. The van der Waals surface area contributed by atoms with Gasteiger partial charge in [-0.05, 0) is 25.9 Å². The molecule has 0 aliphatic carbocycles. The van der Waals surface area contributed by atoms with Crippen molar-refractivity contribution in [3.05, 3.63) is 29.9 Å². The van der Waals surface area contributed by atoms with Gasteiger partial charge in [-0.2, -0.15) is 0 Å². The Kier molecular flexibility index (Phi) is 5.09. The lowest BCUT2D eigenvalue weighted by Crippen LogP contribution is -2.36. The molecule has 2 aliphatic rings. The zero-order valence-electron chi connectivity index (χ0n) is 14.9. The lowest BCUT2D eigenvalue weighted by molar-refractivity contribution is 0.0326. The lowest BCUT2D eigenvalue weighted by Gasteiger charge is -2.31. The molecule has 2 fully saturated rings. The molecule has 0 saturated carbocycles. The van der Waals surface area contributed by atoms with Crippen LogP contribution in [0.4, 0.5) is 0 Å². The van der Waals surface area contributed by atoms with E-state index in [0.717, 1.165) is 77.0 Å². The van der Waals surface area contributed by atoms with E-state index in [1.807, 2.05) is 6.20 Å². The summed E-state index contributed by atoms with van der Waals surface area (Å²) in [6.45, 7) is 7.60. The Hall–Kier alpha value is -1.77. The first-order valence-electron chi connectivity index (χ1n) is 9.17. The molecule has 8 heteroatoms. The highest BCUT2D eigenvalue weighted by atomic mass is 16.5. The van der Waals surface area contributed by atoms with Gasteiger partial charge < -0.3 is 14.3 Å². The topological polar surface area (TPSA) is 75.1 Å². The van der Waals surface area contributed by atoms with E-state index in [1.165, 1.54) is 5.69 Å². The summed E-state index contributed by atoms with van der Waals surface area (Å²) in [7, 11) is 2.11. The number of aromatic nitrogens is 5. The predicted molar refractivity (Wildman–Crippen MR) is 92.9 cm³/mol. The summed E-state index contributed by atoms with van der Waals surface area (Å²) in [6, 6.07) is 0. The van der Waals surface area contributed by atoms with E-state index in [9.17, 15) is 0 Å². The summed E-state index contributed by atoms with van der Waals surface area (Å²) < 4.78 is 7.63. The molecule has 2 aromatic heterocycles.